The third kappa shape index (κ3) is 4.68. The van der Waals surface area contributed by atoms with Gasteiger partial charge in [0.05, 0.1) is 17.8 Å². The molecule has 7 nitrogen and oxygen atoms in total. The van der Waals surface area contributed by atoms with Gasteiger partial charge in [-0.05, 0) is 35.9 Å². The van der Waals surface area contributed by atoms with Crippen LogP contribution in [0.25, 0.3) is 17.0 Å². The lowest BCUT2D eigenvalue weighted by Crippen LogP contribution is -2.16. The molecule has 0 bridgehead atoms. The van der Waals surface area contributed by atoms with Gasteiger partial charge in [-0.3, -0.25) is 0 Å². The average Bonchev–Trinajstić information content (AvgIpc) is 3.29. The number of halogens is 2. The van der Waals surface area contributed by atoms with Gasteiger partial charge in [-0.15, -0.1) is 0 Å². The molecule has 4 aromatic rings. The maximum atomic E-state index is 13.4. The fraction of sp³-hybridized carbons (Fsp3) is 0.130. The molecule has 33 heavy (non-hydrogen) atoms. The first-order valence-electron chi connectivity index (χ1n) is 9.83. The highest BCUT2D eigenvalue weighted by Crippen LogP contribution is 2.34. The third-order valence-corrected chi connectivity index (χ3v) is 7.32. The second-order valence-electron chi connectivity index (χ2n) is 7.42. The number of carbonyl (C=O) groups is 1. The number of nitrogens with zero attached hydrogens (tertiary/aromatic N) is 3. The summed E-state index contributed by atoms with van der Waals surface area (Å²) in [4.78, 5) is 16.3. The van der Waals surface area contributed by atoms with Crippen molar-refractivity contribution in [3.05, 3.63) is 88.1 Å². The number of fused-ring (bicyclic) bond motifs is 1. The zero-order valence-corrected chi connectivity index (χ0v) is 19.8. The molecule has 0 saturated heterocycles. The number of carboxylic acids is 1. The van der Waals surface area contributed by atoms with E-state index in [-0.39, 0.29) is 22.5 Å². The molecule has 0 aliphatic carbocycles. The van der Waals surface area contributed by atoms with E-state index >= 15 is 0 Å². The molecule has 0 aliphatic rings. The lowest BCUT2D eigenvalue weighted by atomic mass is 10.2. The van der Waals surface area contributed by atoms with Crippen LogP contribution in [0.1, 0.15) is 21.9 Å². The van der Waals surface area contributed by atoms with Crippen molar-refractivity contribution in [1.29, 1.82) is 0 Å². The van der Waals surface area contributed by atoms with Crippen LogP contribution in [0.2, 0.25) is 10.0 Å². The Bertz CT molecular complexity index is 1500. The number of carboxylic acid groups (broad SMARTS) is 1. The number of imidazole rings is 1. The molecule has 0 radical (unpaired) electrons. The van der Waals surface area contributed by atoms with Crippen LogP contribution in [0.4, 0.5) is 0 Å². The molecule has 170 valence electrons. The van der Waals surface area contributed by atoms with E-state index < -0.39 is 21.6 Å². The zero-order chi connectivity index (χ0) is 23.8. The van der Waals surface area contributed by atoms with Crippen LogP contribution in [0.3, 0.4) is 0 Å². The van der Waals surface area contributed by atoms with Gasteiger partial charge in [0.1, 0.15) is 16.4 Å². The summed E-state index contributed by atoms with van der Waals surface area (Å²) in [5, 5.41) is 11.1. The van der Waals surface area contributed by atoms with E-state index in [9.17, 15) is 18.3 Å². The monoisotopic (exact) mass is 503 g/mol. The molecule has 2 heterocycles. The molecule has 2 aromatic heterocycles. The Hall–Kier alpha value is -3.07. The van der Waals surface area contributed by atoms with Crippen LogP contribution >= 0.6 is 23.2 Å². The Balaban J connectivity index is 1.85. The third-order valence-electron chi connectivity index (χ3n) is 5.19. The van der Waals surface area contributed by atoms with Gasteiger partial charge in [0.15, 0.2) is 9.84 Å². The number of aromatic carboxylic acids is 1. The largest absolute Gasteiger partial charge is 0.477 e. The quantitative estimate of drug-likeness (QED) is 0.386. The van der Waals surface area contributed by atoms with Crippen LogP contribution in [-0.2, 0) is 23.4 Å². The molecule has 0 fully saturated rings. The summed E-state index contributed by atoms with van der Waals surface area (Å²) in [6, 6.07) is 11.7. The molecule has 0 amide bonds. The van der Waals surface area contributed by atoms with Gasteiger partial charge in [-0.25, -0.2) is 18.2 Å². The Morgan fingerprint density at radius 1 is 1.15 bits per heavy atom. The number of rotatable bonds is 7. The van der Waals surface area contributed by atoms with E-state index in [0.717, 1.165) is 5.56 Å². The predicted molar refractivity (Wildman–Crippen MR) is 129 cm³/mol. The van der Waals surface area contributed by atoms with Gasteiger partial charge in [0.2, 0.25) is 0 Å². The molecule has 0 saturated carbocycles. The van der Waals surface area contributed by atoms with Gasteiger partial charge >= 0.3 is 5.97 Å². The Labute approximate surface area is 200 Å². The molecule has 0 spiro atoms. The number of benzene rings is 2. The van der Waals surface area contributed by atoms with Crippen molar-refractivity contribution >= 4 is 56.0 Å². The highest BCUT2D eigenvalue weighted by Gasteiger charge is 2.31. The maximum absolute atomic E-state index is 13.4. The van der Waals surface area contributed by atoms with Crippen molar-refractivity contribution in [2.24, 2.45) is 7.05 Å². The summed E-state index contributed by atoms with van der Waals surface area (Å²) in [6.07, 6.45) is 6.43. The zero-order valence-electron chi connectivity index (χ0n) is 17.4. The minimum atomic E-state index is -4.04. The SMILES string of the molecule is Cn1ccnc1Cn1c(C(=O)O)c(S(=O)(=O)CC=Cc2cccc(Cl)c2)c2cc(Cl)ccc21. The van der Waals surface area contributed by atoms with Gasteiger partial charge in [0.25, 0.3) is 0 Å². The number of hydrogen-bond donors (Lipinski definition) is 1. The van der Waals surface area contributed by atoms with Gasteiger partial charge in [0, 0.05) is 34.9 Å². The summed E-state index contributed by atoms with van der Waals surface area (Å²) in [7, 11) is -2.25. The number of hydrogen-bond acceptors (Lipinski definition) is 4. The Kier molecular flexibility index (Phi) is 6.34. The molecule has 2 aromatic carbocycles. The normalized spacial score (nSPS) is 12.1. The first kappa shape index (κ1) is 23.1. The number of sulfone groups is 1. The molecule has 10 heteroatoms. The van der Waals surface area contributed by atoms with E-state index in [4.69, 9.17) is 23.2 Å². The summed E-state index contributed by atoms with van der Waals surface area (Å²) >= 11 is 12.1. The summed E-state index contributed by atoms with van der Waals surface area (Å²) in [5.74, 6) is -1.17. The fourth-order valence-corrected chi connectivity index (χ4v) is 5.56. The minimum Gasteiger partial charge on any atom is -0.477 e. The van der Waals surface area contributed by atoms with Crippen molar-refractivity contribution in [1.82, 2.24) is 14.1 Å². The van der Waals surface area contributed by atoms with Crippen LogP contribution in [-0.4, -0.2) is 39.4 Å². The van der Waals surface area contributed by atoms with Crippen molar-refractivity contribution in [3.8, 4) is 0 Å². The first-order chi connectivity index (χ1) is 15.7. The van der Waals surface area contributed by atoms with Crippen molar-refractivity contribution in [2.45, 2.75) is 11.4 Å². The minimum absolute atomic E-state index is 0.0805. The fourth-order valence-electron chi connectivity index (χ4n) is 3.68. The number of aryl methyl sites for hydroxylation is 1. The van der Waals surface area contributed by atoms with Crippen molar-refractivity contribution in [3.63, 3.8) is 0 Å². The summed E-state index contributed by atoms with van der Waals surface area (Å²) < 4.78 is 30.0. The lowest BCUT2D eigenvalue weighted by Gasteiger charge is -2.09. The van der Waals surface area contributed by atoms with E-state index in [1.807, 2.05) is 0 Å². The molecule has 0 unspecified atom stereocenters. The first-order valence-corrected chi connectivity index (χ1v) is 12.2. The summed E-state index contributed by atoms with van der Waals surface area (Å²) in [5.41, 5.74) is 0.847. The maximum Gasteiger partial charge on any atom is 0.353 e. The van der Waals surface area contributed by atoms with Crippen LogP contribution < -0.4 is 0 Å². The van der Waals surface area contributed by atoms with Crippen molar-refractivity contribution in [2.75, 3.05) is 5.75 Å². The van der Waals surface area contributed by atoms with Gasteiger partial charge in [-0.2, -0.15) is 0 Å². The topological polar surface area (TPSA) is 94.2 Å². The Morgan fingerprint density at radius 2 is 1.91 bits per heavy atom. The number of aromatic nitrogens is 3. The second-order valence-corrected chi connectivity index (χ2v) is 10.3. The van der Waals surface area contributed by atoms with Crippen LogP contribution in [0, 0.1) is 0 Å². The molecular weight excluding hydrogens is 485 g/mol. The Morgan fingerprint density at radius 3 is 2.58 bits per heavy atom. The highest BCUT2D eigenvalue weighted by atomic mass is 35.5. The second kappa shape index (κ2) is 9.05. The van der Waals surface area contributed by atoms with E-state index in [1.165, 1.54) is 16.7 Å². The van der Waals surface area contributed by atoms with Crippen LogP contribution in [0.5, 0.6) is 0 Å². The standard InChI is InChI=1S/C23H19Cl2N3O4S/c1-27-10-9-26-20(27)14-28-19-8-7-17(25)13-18(19)22(21(28)23(29)30)33(31,32)11-3-5-15-4-2-6-16(24)12-15/h2-10,12-13H,11,14H2,1H3,(H,29,30). The molecular formula is C23H19Cl2N3O4S. The lowest BCUT2D eigenvalue weighted by molar-refractivity contribution is 0.0681. The highest BCUT2D eigenvalue weighted by molar-refractivity contribution is 7.91. The molecule has 1 N–H and O–H groups in total. The van der Waals surface area contributed by atoms with E-state index in [1.54, 1.807) is 66.5 Å². The predicted octanol–water partition coefficient (Wildman–Crippen LogP) is 4.92. The molecule has 0 aliphatic heterocycles. The molecule has 0 atom stereocenters. The van der Waals surface area contributed by atoms with Crippen molar-refractivity contribution < 1.29 is 18.3 Å². The smallest absolute Gasteiger partial charge is 0.353 e. The van der Waals surface area contributed by atoms with Gasteiger partial charge < -0.3 is 14.2 Å². The molecule has 4 rings (SSSR count). The summed E-state index contributed by atoms with van der Waals surface area (Å²) in [6.45, 7) is 0.0805. The van der Waals surface area contributed by atoms with Gasteiger partial charge in [-0.1, -0.05) is 47.5 Å². The van der Waals surface area contributed by atoms with E-state index in [0.29, 0.717) is 21.4 Å². The van der Waals surface area contributed by atoms with Crippen LogP contribution in [0.15, 0.2) is 65.8 Å². The van der Waals surface area contributed by atoms with E-state index in [2.05, 4.69) is 4.98 Å². The average molecular weight is 504 g/mol.